The Morgan fingerprint density at radius 2 is 1.57 bits per heavy atom. The van der Waals surface area contributed by atoms with Crippen LogP contribution in [0.4, 0.5) is 0 Å². The lowest BCUT2D eigenvalue weighted by Crippen LogP contribution is -2.43. The van der Waals surface area contributed by atoms with Crippen molar-refractivity contribution in [1.29, 1.82) is 0 Å². The highest BCUT2D eigenvalue weighted by atomic mass is 16.4. The quantitative estimate of drug-likeness (QED) is 0.874. The van der Waals surface area contributed by atoms with Crippen LogP contribution in [-0.4, -0.2) is 22.5 Å². The summed E-state index contributed by atoms with van der Waals surface area (Å²) in [5, 5.41) is 11.6. The zero-order valence-electron chi connectivity index (χ0n) is 13.5. The molecule has 0 aliphatic heterocycles. The van der Waals surface area contributed by atoms with Gasteiger partial charge in [-0.3, -0.25) is 9.59 Å². The largest absolute Gasteiger partial charge is 0.481 e. The van der Waals surface area contributed by atoms with Gasteiger partial charge in [0.25, 0.3) is 5.91 Å². The number of carbonyl (C=O) groups excluding carboxylic acids is 1. The first-order chi connectivity index (χ1) is 9.51. The number of amides is 1. The van der Waals surface area contributed by atoms with E-state index in [1.807, 2.05) is 38.1 Å². The molecule has 4 heteroatoms. The van der Waals surface area contributed by atoms with Crippen LogP contribution in [0.25, 0.3) is 0 Å². The minimum atomic E-state index is -0.855. The molecule has 1 aromatic rings. The molecule has 2 N–H and O–H groups in total. The number of hydrogen-bond acceptors (Lipinski definition) is 2. The molecule has 0 aromatic heterocycles. The molecule has 4 nitrogen and oxygen atoms in total. The molecule has 0 fully saturated rings. The van der Waals surface area contributed by atoms with E-state index in [1.54, 1.807) is 0 Å². The summed E-state index contributed by atoms with van der Waals surface area (Å²) in [6.07, 6.45) is 0.435. The van der Waals surface area contributed by atoms with Crippen LogP contribution in [-0.2, 0) is 10.2 Å². The zero-order chi connectivity index (χ0) is 16.3. The molecule has 0 bridgehead atoms. The van der Waals surface area contributed by atoms with Crippen LogP contribution in [0.3, 0.4) is 0 Å². The molecule has 21 heavy (non-hydrogen) atoms. The van der Waals surface area contributed by atoms with E-state index in [0.29, 0.717) is 12.0 Å². The fourth-order valence-corrected chi connectivity index (χ4v) is 1.98. The molecule has 1 aromatic carbocycles. The number of hydrogen-bond donors (Lipinski definition) is 2. The lowest BCUT2D eigenvalue weighted by Gasteiger charge is -2.26. The predicted octanol–water partition coefficient (Wildman–Crippen LogP) is 3.36. The van der Waals surface area contributed by atoms with Gasteiger partial charge in [0, 0.05) is 17.5 Å². The van der Waals surface area contributed by atoms with Gasteiger partial charge in [0.05, 0.1) is 0 Å². The van der Waals surface area contributed by atoms with E-state index in [4.69, 9.17) is 5.11 Å². The highest BCUT2D eigenvalue weighted by Crippen LogP contribution is 2.22. The number of rotatable bonds is 5. The minimum Gasteiger partial charge on any atom is -0.481 e. The molecule has 0 aliphatic carbocycles. The molecule has 0 spiro atoms. The number of carboxylic acids is 1. The summed E-state index contributed by atoms with van der Waals surface area (Å²) in [6, 6.07) is 7.53. The van der Waals surface area contributed by atoms with Gasteiger partial charge in [-0.1, -0.05) is 32.9 Å². The third kappa shape index (κ3) is 5.58. The summed E-state index contributed by atoms with van der Waals surface area (Å²) in [5.74, 6) is -1.03. The Bertz CT molecular complexity index is 510. The van der Waals surface area contributed by atoms with E-state index in [0.717, 1.165) is 0 Å². The van der Waals surface area contributed by atoms with Gasteiger partial charge in [-0.25, -0.2) is 0 Å². The van der Waals surface area contributed by atoms with Crippen LogP contribution >= 0.6 is 0 Å². The summed E-state index contributed by atoms with van der Waals surface area (Å²) in [6.45, 7) is 10.0. The van der Waals surface area contributed by atoms with E-state index >= 15 is 0 Å². The number of benzene rings is 1. The van der Waals surface area contributed by atoms with Crippen molar-refractivity contribution in [3.05, 3.63) is 35.4 Å². The molecular weight excluding hydrogens is 266 g/mol. The van der Waals surface area contributed by atoms with Crippen molar-refractivity contribution >= 4 is 11.9 Å². The van der Waals surface area contributed by atoms with Crippen molar-refractivity contribution in [2.45, 2.75) is 58.4 Å². The van der Waals surface area contributed by atoms with Crippen molar-refractivity contribution in [2.24, 2.45) is 0 Å². The molecule has 0 saturated carbocycles. The standard InChI is InChI=1S/C17H25NO3/c1-16(2,3)13-8-6-12(7-9-13)15(21)18-17(4,5)11-10-14(19)20/h6-9H,10-11H2,1-5H3,(H,18,21)(H,19,20). The molecule has 0 aliphatic rings. The lowest BCUT2D eigenvalue weighted by molar-refractivity contribution is -0.137. The summed E-state index contributed by atoms with van der Waals surface area (Å²) >= 11 is 0. The Labute approximate surface area is 126 Å². The van der Waals surface area contributed by atoms with E-state index in [1.165, 1.54) is 5.56 Å². The third-order valence-corrected chi connectivity index (χ3v) is 3.43. The van der Waals surface area contributed by atoms with Crippen molar-refractivity contribution in [3.8, 4) is 0 Å². The lowest BCUT2D eigenvalue weighted by atomic mass is 9.86. The molecule has 1 rings (SSSR count). The Balaban J connectivity index is 2.73. The number of carboxylic acid groups (broad SMARTS) is 1. The van der Waals surface area contributed by atoms with Gasteiger partial charge in [0.1, 0.15) is 0 Å². The minimum absolute atomic E-state index is 0.0379. The monoisotopic (exact) mass is 291 g/mol. The Hall–Kier alpha value is -1.84. The molecule has 0 atom stereocenters. The van der Waals surface area contributed by atoms with Gasteiger partial charge in [-0.15, -0.1) is 0 Å². The second kappa shape index (κ2) is 6.29. The van der Waals surface area contributed by atoms with Crippen LogP contribution in [0.1, 0.15) is 63.4 Å². The van der Waals surface area contributed by atoms with Crippen LogP contribution < -0.4 is 5.32 Å². The number of aliphatic carboxylic acids is 1. The molecule has 0 heterocycles. The first kappa shape index (κ1) is 17.2. The van der Waals surface area contributed by atoms with Crippen LogP contribution in [0.15, 0.2) is 24.3 Å². The van der Waals surface area contributed by atoms with Gasteiger partial charge >= 0.3 is 5.97 Å². The van der Waals surface area contributed by atoms with Crippen LogP contribution in [0.5, 0.6) is 0 Å². The summed E-state index contributed by atoms with van der Waals surface area (Å²) in [7, 11) is 0. The fraction of sp³-hybridized carbons (Fsp3) is 0.529. The molecular formula is C17H25NO3. The Morgan fingerprint density at radius 3 is 2.00 bits per heavy atom. The van der Waals surface area contributed by atoms with Crippen molar-refractivity contribution in [1.82, 2.24) is 5.32 Å². The maximum atomic E-state index is 12.2. The third-order valence-electron chi connectivity index (χ3n) is 3.43. The van der Waals surface area contributed by atoms with E-state index < -0.39 is 11.5 Å². The normalized spacial score (nSPS) is 12.0. The molecule has 0 saturated heterocycles. The summed E-state index contributed by atoms with van der Waals surface area (Å²) in [4.78, 5) is 22.8. The van der Waals surface area contributed by atoms with Crippen LogP contribution in [0, 0.1) is 0 Å². The maximum absolute atomic E-state index is 12.2. The highest BCUT2D eigenvalue weighted by molar-refractivity contribution is 5.94. The van der Waals surface area contributed by atoms with Crippen molar-refractivity contribution in [2.75, 3.05) is 0 Å². The Morgan fingerprint density at radius 1 is 1.05 bits per heavy atom. The van der Waals surface area contributed by atoms with Gasteiger partial charge < -0.3 is 10.4 Å². The van der Waals surface area contributed by atoms with Gasteiger partial charge in [-0.05, 0) is 43.4 Å². The average Bonchev–Trinajstić information content (AvgIpc) is 2.35. The van der Waals surface area contributed by atoms with Crippen molar-refractivity contribution in [3.63, 3.8) is 0 Å². The summed E-state index contributed by atoms with van der Waals surface area (Å²) < 4.78 is 0. The van der Waals surface area contributed by atoms with Gasteiger partial charge in [0.15, 0.2) is 0 Å². The second-order valence-corrected chi connectivity index (χ2v) is 7.06. The molecule has 116 valence electrons. The predicted molar refractivity (Wildman–Crippen MR) is 83.6 cm³/mol. The fourth-order valence-electron chi connectivity index (χ4n) is 1.98. The number of nitrogens with one attached hydrogen (secondary N) is 1. The maximum Gasteiger partial charge on any atom is 0.303 e. The number of carbonyl (C=O) groups is 2. The highest BCUT2D eigenvalue weighted by Gasteiger charge is 2.22. The Kier molecular flexibility index (Phi) is 5.15. The van der Waals surface area contributed by atoms with Gasteiger partial charge in [0.2, 0.25) is 0 Å². The zero-order valence-corrected chi connectivity index (χ0v) is 13.5. The van der Waals surface area contributed by atoms with E-state index in [-0.39, 0.29) is 17.7 Å². The molecule has 0 unspecified atom stereocenters. The average molecular weight is 291 g/mol. The SMILES string of the molecule is CC(C)(CCC(=O)O)NC(=O)c1ccc(C(C)(C)C)cc1. The molecule has 1 amide bonds. The van der Waals surface area contributed by atoms with E-state index in [2.05, 4.69) is 26.1 Å². The smallest absolute Gasteiger partial charge is 0.303 e. The first-order valence-corrected chi connectivity index (χ1v) is 7.16. The molecule has 0 radical (unpaired) electrons. The van der Waals surface area contributed by atoms with Crippen LogP contribution in [0.2, 0.25) is 0 Å². The second-order valence-electron chi connectivity index (χ2n) is 7.06. The van der Waals surface area contributed by atoms with E-state index in [9.17, 15) is 9.59 Å². The summed E-state index contributed by atoms with van der Waals surface area (Å²) in [5.41, 5.74) is 1.27. The first-order valence-electron chi connectivity index (χ1n) is 7.16. The topological polar surface area (TPSA) is 66.4 Å². The van der Waals surface area contributed by atoms with Gasteiger partial charge in [-0.2, -0.15) is 0 Å². The van der Waals surface area contributed by atoms with Crippen molar-refractivity contribution < 1.29 is 14.7 Å².